The number of primary amides is 1. The average molecular weight is 441 g/mol. The molecular formula is C22H21ClN4O2S. The van der Waals surface area contributed by atoms with Crippen molar-refractivity contribution in [1.29, 1.82) is 0 Å². The molecule has 2 aromatic heterocycles. The molecule has 154 valence electrons. The van der Waals surface area contributed by atoms with Crippen LogP contribution in [0.4, 0.5) is 10.8 Å². The zero-order valence-corrected chi connectivity index (χ0v) is 18.0. The minimum atomic E-state index is -0.584. The maximum atomic E-state index is 13.0. The number of pyridine rings is 1. The maximum Gasteiger partial charge on any atom is 0.256 e. The number of halogens is 1. The summed E-state index contributed by atoms with van der Waals surface area (Å²) in [6.07, 6.45) is 2.18. The molecule has 0 atom stereocenters. The van der Waals surface area contributed by atoms with Gasteiger partial charge in [0.2, 0.25) is 0 Å². The number of aryl methyl sites for hydroxylation is 1. The number of aromatic nitrogens is 1. The third kappa shape index (κ3) is 4.04. The SMILES string of the molecule is Cc1sc(NC(=O)c2cc(Cl)nc(N3CCCC3)c2)c(C(N)=O)c1-c1ccccc1. The Kier molecular flexibility index (Phi) is 5.74. The van der Waals surface area contributed by atoms with Crippen LogP contribution in [0.2, 0.25) is 5.15 Å². The van der Waals surface area contributed by atoms with Crippen molar-refractivity contribution < 1.29 is 9.59 Å². The van der Waals surface area contributed by atoms with Crippen molar-refractivity contribution in [3.8, 4) is 11.1 Å². The first-order valence-electron chi connectivity index (χ1n) is 9.66. The van der Waals surface area contributed by atoms with Crippen molar-refractivity contribution in [2.75, 3.05) is 23.3 Å². The first-order valence-corrected chi connectivity index (χ1v) is 10.9. The van der Waals surface area contributed by atoms with Gasteiger partial charge in [0.15, 0.2) is 0 Å². The van der Waals surface area contributed by atoms with Gasteiger partial charge in [-0.3, -0.25) is 9.59 Å². The number of hydrogen-bond acceptors (Lipinski definition) is 5. The predicted molar refractivity (Wildman–Crippen MR) is 122 cm³/mol. The lowest BCUT2D eigenvalue weighted by molar-refractivity contribution is 0.100. The van der Waals surface area contributed by atoms with Crippen molar-refractivity contribution in [2.24, 2.45) is 5.73 Å². The molecule has 1 aliphatic heterocycles. The molecule has 3 aromatic rings. The smallest absolute Gasteiger partial charge is 0.256 e. The van der Waals surface area contributed by atoms with E-state index in [0.717, 1.165) is 41.9 Å². The summed E-state index contributed by atoms with van der Waals surface area (Å²) < 4.78 is 0. The van der Waals surface area contributed by atoms with Crippen LogP contribution in [0.25, 0.3) is 11.1 Å². The van der Waals surface area contributed by atoms with Crippen LogP contribution in [0.3, 0.4) is 0 Å². The second-order valence-corrected chi connectivity index (χ2v) is 8.76. The van der Waals surface area contributed by atoms with E-state index in [4.69, 9.17) is 17.3 Å². The van der Waals surface area contributed by atoms with Gasteiger partial charge < -0.3 is 16.0 Å². The Balaban J connectivity index is 1.68. The molecule has 0 unspecified atom stereocenters. The Morgan fingerprint density at radius 3 is 2.53 bits per heavy atom. The molecule has 8 heteroatoms. The number of nitrogens with one attached hydrogen (secondary N) is 1. The van der Waals surface area contributed by atoms with Crippen LogP contribution in [-0.2, 0) is 0 Å². The molecule has 0 saturated carbocycles. The number of carbonyl (C=O) groups excluding carboxylic acids is 2. The Bertz CT molecular complexity index is 1110. The molecule has 2 amide bonds. The highest BCUT2D eigenvalue weighted by molar-refractivity contribution is 7.17. The van der Waals surface area contributed by atoms with Gasteiger partial charge in [-0.15, -0.1) is 11.3 Å². The van der Waals surface area contributed by atoms with Crippen molar-refractivity contribution in [3.05, 3.63) is 63.6 Å². The number of hydrogen-bond donors (Lipinski definition) is 2. The third-order valence-electron chi connectivity index (χ3n) is 5.09. The van der Waals surface area contributed by atoms with Crippen LogP contribution in [0.15, 0.2) is 42.5 Å². The summed E-state index contributed by atoms with van der Waals surface area (Å²) in [5.74, 6) is -0.255. The monoisotopic (exact) mass is 440 g/mol. The molecule has 0 radical (unpaired) electrons. The summed E-state index contributed by atoms with van der Waals surface area (Å²) in [7, 11) is 0. The van der Waals surface area contributed by atoms with Crippen LogP contribution in [0.5, 0.6) is 0 Å². The fourth-order valence-corrected chi connectivity index (χ4v) is 5.00. The van der Waals surface area contributed by atoms with E-state index >= 15 is 0 Å². The molecule has 4 rings (SSSR count). The Labute approximate surface area is 183 Å². The lowest BCUT2D eigenvalue weighted by Crippen LogP contribution is -2.21. The van der Waals surface area contributed by atoms with E-state index in [-0.39, 0.29) is 11.1 Å². The molecule has 3 heterocycles. The summed E-state index contributed by atoms with van der Waals surface area (Å²) >= 11 is 7.51. The molecule has 1 fully saturated rings. The van der Waals surface area contributed by atoms with E-state index in [1.165, 1.54) is 17.4 Å². The number of amides is 2. The van der Waals surface area contributed by atoms with Gasteiger partial charge in [-0.2, -0.15) is 0 Å². The summed E-state index contributed by atoms with van der Waals surface area (Å²) in [5.41, 5.74) is 8.02. The van der Waals surface area contributed by atoms with Gasteiger partial charge in [0.05, 0.1) is 5.56 Å². The van der Waals surface area contributed by atoms with E-state index in [2.05, 4.69) is 15.2 Å². The Hall–Kier alpha value is -2.90. The van der Waals surface area contributed by atoms with Crippen molar-refractivity contribution in [3.63, 3.8) is 0 Å². The van der Waals surface area contributed by atoms with Gasteiger partial charge >= 0.3 is 0 Å². The third-order valence-corrected chi connectivity index (χ3v) is 6.31. The van der Waals surface area contributed by atoms with Crippen molar-refractivity contribution in [1.82, 2.24) is 4.98 Å². The summed E-state index contributed by atoms with van der Waals surface area (Å²) in [6, 6.07) is 12.8. The normalized spacial score (nSPS) is 13.5. The van der Waals surface area contributed by atoms with E-state index in [0.29, 0.717) is 21.9 Å². The summed E-state index contributed by atoms with van der Waals surface area (Å²) in [4.78, 5) is 32.6. The van der Waals surface area contributed by atoms with Crippen LogP contribution >= 0.6 is 22.9 Å². The topological polar surface area (TPSA) is 88.3 Å². The fraction of sp³-hybridized carbons (Fsp3) is 0.227. The van der Waals surface area contributed by atoms with Crippen molar-refractivity contribution >= 4 is 45.6 Å². The Morgan fingerprint density at radius 1 is 1.17 bits per heavy atom. The van der Waals surface area contributed by atoms with E-state index < -0.39 is 5.91 Å². The fourth-order valence-electron chi connectivity index (χ4n) is 3.72. The molecule has 3 N–H and O–H groups in total. The van der Waals surface area contributed by atoms with Crippen LogP contribution in [-0.4, -0.2) is 29.9 Å². The molecule has 1 aromatic carbocycles. The number of anilines is 2. The Morgan fingerprint density at radius 2 is 1.87 bits per heavy atom. The molecule has 0 spiro atoms. The van der Waals surface area contributed by atoms with Gasteiger partial charge in [-0.1, -0.05) is 41.9 Å². The molecule has 0 bridgehead atoms. The number of nitrogens with zero attached hydrogens (tertiary/aromatic N) is 2. The molecule has 1 aliphatic rings. The van der Waals surface area contributed by atoms with Crippen LogP contribution in [0, 0.1) is 6.92 Å². The van der Waals surface area contributed by atoms with Gasteiger partial charge in [-0.25, -0.2) is 4.98 Å². The van der Waals surface area contributed by atoms with Gasteiger partial charge in [0.1, 0.15) is 16.0 Å². The average Bonchev–Trinajstić information content (AvgIpc) is 3.36. The number of nitrogens with two attached hydrogens (primary N) is 1. The second kappa shape index (κ2) is 8.45. The number of rotatable bonds is 5. The van der Waals surface area contributed by atoms with E-state index in [1.807, 2.05) is 37.3 Å². The first kappa shape index (κ1) is 20.4. The number of thiophene rings is 1. The van der Waals surface area contributed by atoms with Crippen LogP contribution in [0.1, 0.15) is 38.4 Å². The minimum absolute atomic E-state index is 0.256. The lowest BCUT2D eigenvalue weighted by atomic mass is 10.0. The highest BCUT2D eigenvalue weighted by atomic mass is 35.5. The van der Waals surface area contributed by atoms with Gasteiger partial charge in [-0.05, 0) is 37.5 Å². The highest BCUT2D eigenvalue weighted by Crippen LogP contribution is 2.39. The maximum absolute atomic E-state index is 13.0. The van der Waals surface area contributed by atoms with E-state index in [9.17, 15) is 9.59 Å². The van der Waals surface area contributed by atoms with Gasteiger partial charge in [0, 0.05) is 29.1 Å². The highest BCUT2D eigenvalue weighted by Gasteiger charge is 2.24. The summed E-state index contributed by atoms with van der Waals surface area (Å²) in [6.45, 7) is 3.69. The largest absolute Gasteiger partial charge is 0.365 e. The number of carbonyl (C=O) groups is 2. The molecule has 6 nitrogen and oxygen atoms in total. The van der Waals surface area contributed by atoms with Gasteiger partial charge in [0.25, 0.3) is 11.8 Å². The second-order valence-electron chi connectivity index (χ2n) is 7.15. The zero-order valence-electron chi connectivity index (χ0n) is 16.4. The number of benzene rings is 1. The molecule has 0 aliphatic carbocycles. The quantitative estimate of drug-likeness (QED) is 0.561. The molecular weight excluding hydrogens is 420 g/mol. The van der Waals surface area contributed by atoms with E-state index in [1.54, 1.807) is 6.07 Å². The standard InChI is InChI=1S/C22H21ClN4O2S/c1-13-18(14-7-3-2-4-8-14)19(20(24)28)22(30-13)26-21(29)15-11-16(23)25-17(12-15)27-9-5-6-10-27/h2-4,7-8,11-12H,5-6,9-10H2,1H3,(H2,24,28)(H,26,29). The molecule has 30 heavy (non-hydrogen) atoms. The summed E-state index contributed by atoms with van der Waals surface area (Å²) in [5, 5.41) is 3.54. The zero-order chi connectivity index (χ0) is 21.3. The predicted octanol–water partition coefficient (Wildman–Crippen LogP) is 4.72. The lowest BCUT2D eigenvalue weighted by Gasteiger charge is -2.17. The van der Waals surface area contributed by atoms with Crippen LogP contribution < -0.4 is 16.0 Å². The first-order chi connectivity index (χ1) is 14.4. The van der Waals surface area contributed by atoms with Crippen molar-refractivity contribution in [2.45, 2.75) is 19.8 Å². The molecule has 1 saturated heterocycles. The minimum Gasteiger partial charge on any atom is -0.365 e.